The van der Waals surface area contributed by atoms with Crippen LogP contribution in [0.3, 0.4) is 0 Å². The molecule has 1 nitrogen and oxygen atoms in total. The molecule has 1 saturated heterocycles. The van der Waals surface area contributed by atoms with Gasteiger partial charge < -0.3 is 5.32 Å². The summed E-state index contributed by atoms with van der Waals surface area (Å²) in [6, 6.07) is 9.58. The fourth-order valence-electron chi connectivity index (χ4n) is 2.56. The van der Waals surface area contributed by atoms with Gasteiger partial charge >= 0.3 is 0 Å². The van der Waals surface area contributed by atoms with Crippen LogP contribution in [0.2, 0.25) is 0 Å². The van der Waals surface area contributed by atoms with E-state index < -0.39 is 5.67 Å². The number of halogens is 1. The van der Waals surface area contributed by atoms with E-state index in [1.54, 1.807) is 6.92 Å². The molecule has 0 radical (unpaired) electrons. The Morgan fingerprint density at radius 2 is 1.94 bits per heavy atom. The van der Waals surface area contributed by atoms with Crippen LogP contribution in [0.15, 0.2) is 30.3 Å². The Kier molecular flexibility index (Phi) is 3.59. The van der Waals surface area contributed by atoms with Crippen LogP contribution in [0.1, 0.15) is 31.7 Å². The van der Waals surface area contributed by atoms with Crippen LogP contribution in [0.4, 0.5) is 4.39 Å². The van der Waals surface area contributed by atoms with E-state index in [0.29, 0.717) is 0 Å². The summed E-state index contributed by atoms with van der Waals surface area (Å²) in [6.07, 6.45) is 2.99. The highest BCUT2D eigenvalue weighted by molar-refractivity contribution is 5.22. The van der Waals surface area contributed by atoms with E-state index in [1.165, 1.54) is 0 Å². The molecule has 0 spiro atoms. The van der Waals surface area contributed by atoms with Crippen LogP contribution < -0.4 is 5.32 Å². The molecule has 1 aliphatic rings. The summed E-state index contributed by atoms with van der Waals surface area (Å²) in [6.45, 7) is 3.71. The second-order valence-electron chi connectivity index (χ2n) is 4.82. The van der Waals surface area contributed by atoms with Crippen LogP contribution in [-0.4, -0.2) is 13.1 Å². The molecule has 0 aliphatic carbocycles. The molecule has 88 valence electrons. The molecule has 1 N–H and O–H groups in total. The minimum Gasteiger partial charge on any atom is -0.317 e. The third kappa shape index (κ3) is 2.43. The predicted molar refractivity (Wildman–Crippen MR) is 65.1 cm³/mol. The first-order valence-corrected chi connectivity index (χ1v) is 6.16. The summed E-state index contributed by atoms with van der Waals surface area (Å²) in [4.78, 5) is 0. The number of hydrogen-bond donors (Lipinski definition) is 1. The van der Waals surface area contributed by atoms with Crippen LogP contribution in [0.5, 0.6) is 0 Å². The Balaban J connectivity index is 2.16. The summed E-state index contributed by atoms with van der Waals surface area (Å²) in [5.74, 6) is 0.143. The SMILES string of the molecule is CC(F)(c1ccccc1)C1CCCNCC1. The number of nitrogens with one attached hydrogen (secondary N) is 1. The van der Waals surface area contributed by atoms with E-state index in [9.17, 15) is 4.39 Å². The number of hydrogen-bond acceptors (Lipinski definition) is 1. The molecule has 1 aromatic carbocycles. The van der Waals surface area contributed by atoms with Crippen molar-refractivity contribution in [1.82, 2.24) is 5.32 Å². The normalized spacial score (nSPS) is 25.8. The van der Waals surface area contributed by atoms with Gasteiger partial charge in [-0.3, -0.25) is 0 Å². The van der Waals surface area contributed by atoms with Crippen molar-refractivity contribution in [3.8, 4) is 0 Å². The zero-order valence-corrected chi connectivity index (χ0v) is 9.88. The van der Waals surface area contributed by atoms with E-state index in [4.69, 9.17) is 0 Å². The Hall–Kier alpha value is -0.890. The number of rotatable bonds is 2. The summed E-state index contributed by atoms with van der Waals surface area (Å²) in [5, 5.41) is 3.33. The fourth-order valence-corrected chi connectivity index (χ4v) is 2.56. The highest BCUT2D eigenvalue weighted by atomic mass is 19.1. The lowest BCUT2D eigenvalue weighted by Gasteiger charge is -2.30. The second-order valence-corrected chi connectivity index (χ2v) is 4.82. The van der Waals surface area contributed by atoms with E-state index in [0.717, 1.165) is 37.9 Å². The fraction of sp³-hybridized carbons (Fsp3) is 0.571. The minimum absolute atomic E-state index is 0.143. The molecule has 2 unspecified atom stereocenters. The molecule has 1 aliphatic heterocycles. The van der Waals surface area contributed by atoms with Gasteiger partial charge in [0.2, 0.25) is 0 Å². The molecular weight excluding hydrogens is 201 g/mol. The number of benzene rings is 1. The average Bonchev–Trinajstić information content (AvgIpc) is 2.59. The second kappa shape index (κ2) is 4.96. The van der Waals surface area contributed by atoms with Crippen molar-refractivity contribution in [3.63, 3.8) is 0 Å². The van der Waals surface area contributed by atoms with Gasteiger partial charge in [-0.1, -0.05) is 30.3 Å². The first-order chi connectivity index (χ1) is 7.71. The van der Waals surface area contributed by atoms with E-state index in [2.05, 4.69) is 5.32 Å². The zero-order chi connectivity index (χ0) is 11.4. The van der Waals surface area contributed by atoms with Crippen molar-refractivity contribution in [2.24, 2.45) is 5.92 Å². The largest absolute Gasteiger partial charge is 0.317 e. The van der Waals surface area contributed by atoms with Gasteiger partial charge in [0, 0.05) is 0 Å². The van der Waals surface area contributed by atoms with Crippen molar-refractivity contribution in [2.45, 2.75) is 31.9 Å². The Bertz CT molecular complexity index is 313. The van der Waals surface area contributed by atoms with Gasteiger partial charge in [0.25, 0.3) is 0 Å². The third-order valence-corrected chi connectivity index (χ3v) is 3.68. The summed E-state index contributed by atoms with van der Waals surface area (Å²) >= 11 is 0. The average molecular weight is 221 g/mol. The summed E-state index contributed by atoms with van der Waals surface area (Å²) in [7, 11) is 0. The molecule has 1 heterocycles. The predicted octanol–water partition coefficient (Wildman–Crippen LogP) is 3.26. The molecular formula is C14H20FN. The van der Waals surface area contributed by atoms with Gasteiger partial charge in [-0.05, 0) is 50.8 Å². The first-order valence-electron chi connectivity index (χ1n) is 6.16. The van der Waals surface area contributed by atoms with Crippen molar-refractivity contribution in [2.75, 3.05) is 13.1 Å². The van der Waals surface area contributed by atoms with Gasteiger partial charge in [0.15, 0.2) is 0 Å². The molecule has 1 fully saturated rings. The highest BCUT2D eigenvalue weighted by Crippen LogP contribution is 2.38. The van der Waals surface area contributed by atoms with Crippen LogP contribution in [0, 0.1) is 5.92 Å². The Morgan fingerprint density at radius 1 is 1.19 bits per heavy atom. The minimum atomic E-state index is -1.19. The Morgan fingerprint density at radius 3 is 2.69 bits per heavy atom. The van der Waals surface area contributed by atoms with Crippen molar-refractivity contribution >= 4 is 0 Å². The molecule has 16 heavy (non-hydrogen) atoms. The first kappa shape index (κ1) is 11.6. The molecule has 2 rings (SSSR count). The number of alkyl halides is 1. The van der Waals surface area contributed by atoms with Crippen LogP contribution in [-0.2, 0) is 5.67 Å². The lowest BCUT2D eigenvalue weighted by Crippen LogP contribution is -2.28. The molecule has 1 aromatic rings. The molecule has 0 saturated carbocycles. The van der Waals surface area contributed by atoms with Crippen LogP contribution >= 0.6 is 0 Å². The lowest BCUT2D eigenvalue weighted by atomic mass is 9.80. The summed E-state index contributed by atoms with van der Waals surface area (Å²) in [5.41, 5.74) is -0.366. The van der Waals surface area contributed by atoms with Crippen LogP contribution in [0.25, 0.3) is 0 Å². The maximum atomic E-state index is 14.9. The van der Waals surface area contributed by atoms with Gasteiger partial charge in [-0.2, -0.15) is 0 Å². The van der Waals surface area contributed by atoms with Gasteiger partial charge in [-0.15, -0.1) is 0 Å². The van der Waals surface area contributed by atoms with E-state index >= 15 is 0 Å². The topological polar surface area (TPSA) is 12.0 Å². The standard InChI is InChI=1S/C14H20FN/c1-14(15,12-6-3-2-4-7-12)13-8-5-10-16-11-9-13/h2-4,6-7,13,16H,5,8-11H2,1H3. The lowest BCUT2D eigenvalue weighted by molar-refractivity contribution is 0.0909. The summed E-state index contributed by atoms with van der Waals surface area (Å²) < 4.78 is 14.9. The van der Waals surface area contributed by atoms with Gasteiger partial charge in [0.05, 0.1) is 0 Å². The van der Waals surface area contributed by atoms with E-state index in [-0.39, 0.29) is 5.92 Å². The molecule has 0 aromatic heterocycles. The van der Waals surface area contributed by atoms with Crippen molar-refractivity contribution in [1.29, 1.82) is 0 Å². The molecule has 2 heteroatoms. The smallest absolute Gasteiger partial charge is 0.136 e. The maximum absolute atomic E-state index is 14.9. The highest BCUT2D eigenvalue weighted by Gasteiger charge is 2.35. The van der Waals surface area contributed by atoms with Gasteiger partial charge in [0.1, 0.15) is 5.67 Å². The quantitative estimate of drug-likeness (QED) is 0.808. The maximum Gasteiger partial charge on any atom is 0.136 e. The van der Waals surface area contributed by atoms with Crippen molar-refractivity contribution in [3.05, 3.63) is 35.9 Å². The van der Waals surface area contributed by atoms with Gasteiger partial charge in [-0.25, -0.2) is 4.39 Å². The third-order valence-electron chi connectivity index (χ3n) is 3.68. The molecule has 0 bridgehead atoms. The van der Waals surface area contributed by atoms with Crippen molar-refractivity contribution < 1.29 is 4.39 Å². The molecule has 2 atom stereocenters. The monoisotopic (exact) mass is 221 g/mol. The molecule has 0 amide bonds. The van der Waals surface area contributed by atoms with E-state index in [1.807, 2.05) is 30.3 Å². The zero-order valence-electron chi connectivity index (χ0n) is 9.88. The Labute approximate surface area is 97.1 Å².